The van der Waals surface area contributed by atoms with Crippen LogP contribution in [0.4, 0.5) is 17.2 Å². The fourth-order valence-electron chi connectivity index (χ4n) is 1.33. The Kier molecular flexibility index (Phi) is 3.83. The topological polar surface area (TPSA) is 63.0 Å². The van der Waals surface area contributed by atoms with E-state index in [1.807, 2.05) is 30.3 Å². The standard InChI is InChI=1S/C11H10BrClN4/c12-9-5-7(1-2-10(9)13)16-8-3-4-15-11(6-8)17-14/h1-6H,14H2,(H2,15,16,17). The minimum Gasteiger partial charge on any atom is -0.355 e. The first-order valence-corrected chi connectivity index (χ1v) is 6.01. The molecule has 0 aliphatic rings. The van der Waals surface area contributed by atoms with Crippen molar-refractivity contribution >= 4 is 44.7 Å². The first kappa shape index (κ1) is 12.2. The summed E-state index contributed by atoms with van der Waals surface area (Å²) in [6.45, 7) is 0. The van der Waals surface area contributed by atoms with Crippen LogP contribution in [0.2, 0.25) is 5.02 Å². The average Bonchev–Trinajstić information content (AvgIpc) is 2.34. The summed E-state index contributed by atoms with van der Waals surface area (Å²) in [5, 5.41) is 3.90. The monoisotopic (exact) mass is 312 g/mol. The van der Waals surface area contributed by atoms with Crippen LogP contribution < -0.4 is 16.6 Å². The zero-order valence-electron chi connectivity index (χ0n) is 8.74. The summed E-state index contributed by atoms with van der Waals surface area (Å²) in [5.41, 5.74) is 4.31. The number of nitrogen functional groups attached to an aromatic ring is 1. The van der Waals surface area contributed by atoms with Crippen molar-refractivity contribution < 1.29 is 0 Å². The summed E-state index contributed by atoms with van der Waals surface area (Å²) in [6.07, 6.45) is 1.67. The molecule has 0 aliphatic carbocycles. The van der Waals surface area contributed by atoms with Gasteiger partial charge in [0, 0.05) is 28.1 Å². The minimum absolute atomic E-state index is 0.600. The van der Waals surface area contributed by atoms with Crippen LogP contribution in [0.25, 0.3) is 0 Å². The van der Waals surface area contributed by atoms with Gasteiger partial charge in [-0.25, -0.2) is 10.8 Å². The molecular weight excluding hydrogens is 304 g/mol. The molecule has 88 valence electrons. The van der Waals surface area contributed by atoms with Crippen molar-refractivity contribution in [3.8, 4) is 0 Å². The molecule has 0 saturated carbocycles. The summed E-state index contributed by atoms with van der Waals surface area (Å²) in [7, 11) is 0. The molecule has 4 N–H and O–H groups in total. The van der Waals surface area contributed by atoms with Gasteiger partial charge in [0.25, 0.3) is 0 Å². The van der Waals surface area contributed by atoms with Crippen molar-refractivity contribution in [3.63, 3.8) is 0 Å². The number of anilines is 3. The van der Waals surface area contributed by atoms with E-state index in [-0.39, 0.29) is 0 Å². The first-order valence-electron chi connectivity index (χ1n) is 4.84. The SMILES string of the molecule is NNc1cc(Nc2ccc(Cl)c(Br)c2)ccn1. The van der Waals surface area contributed by atoms with Crippen LogP contribution in [0.1, 0.15) is 0 Å². The molecule has 0 spiro atoms. The van der Waals surface area contributed by atoms with Crippen LogP contribution in [-0.4, -0.2) is 4.98 Å². The fourth-order valence-corrected chi connectivity index (χ4v) is 1.82. The van der Waals surface area contributed by atoms with Crippen LogP contribution in [0.15, 0.2) is 41.0 Å². The van der Waals surface area contributed by atoms with E-state index in [0.717, 1.165) is 15.8 Å². The van der Waals surface area contributed by atoms with E-state index in [1.54, 1.807) is 6.20 Å². The molecule has 0 aliphatic heterocycles. The number of nitrogens with two attached hydrogens (primary N) is 1. The maximum Gasteiger partial charge on any atom is 0.141 e. The average molecular weight is 314 g/mol. The van der Waals surface area contributed by atoms with Gasteiger partial charge in [0.2, 0.25) is 0 Å². The Bertz CT molecular complexity index is 533. The molecule has 6 heteroatoms. The summed E-state index contributed by atoms with van der Waals surface area (Å²) < 4.78 is 0.843. The maximum absolute atomic E-state index is 5.92. The predicted octanol–water partition coefficient (Wildman–Crippen LogP) is 3.53. The van der Waals surface area contributed by atoms with Gasteiger partial charge in [-0.2, -0.15) is 0 Å². The Labute approximate surface area is 112 Å². The summed E-state index contributed by atoms with van der Waals surface area (Å²) in [6, 6.07) is 9.27. The van der Waals surface area contributed by atoms with Crippen LogP contribution in [0.3, 0.4) is 0 Å². The summed E-state index contributed by atoms with van der Waals surface area (Å²) in [4.78, 5) is 4.02. The molecule has 17 heavy (non-hydrogen) atoms. The van der Waals surface area contributed by atoms with Crippen molar-refractivity contribution in [2.75, 3.05) is 10.7 Å². The summed E-state index contributed by atoms with van der Waals surface area (Å²) >= 11 is 9.29. The molecule has 0 saturated heterocycles. The van der Waals surface area contributed by atoms with Crippen molar-refractivity contribution in [2.24, 2.45) is 5.84 Å². The van der Waals surface area contributed by atoms with Crippen LogP contribution in [0, 0.1) is 0 Å². The van der Waals surface area contributed by atoms with E-state index in [4.69, 9.17) is 17.4 Å². The van der Waals surface area contributed by atoms with Crippen LogP contribution >= 0.6 is 27.5 Å². The highest BCUT2D eigenvalue weighted by Crippen LogP contribution is 2.27. The van der Waals surface area contributed by atoms with E-state index < -0.39 is 0 Å². The molecule has 0 bridgehead atoms. The largest absolute Gasteiger partial charge is 0.355 e. The smallest absolute Gasteiger partial charge is 0.141 e. The van der Waals surface area contributed by atoms with Gasteiger partial charge in [0.05, 0.1) is 5.02 Å². The van der Waals surface area contributed by atoms with Gasteiger partial charge >= 0.3 is 0 Å². The van der Waals surface area contributed by atoms with Crippen molar-refractivity contribution in [2.45, 2.75) is 0 Å². The number of pyridine rings is 1. The van der Waals surface area contributed by atoms with Crippen LogP contribution in [-0.2, 0) is 0 Å². The number of nitrogens with zero attached hydrogens (tertiary/aromatic N) is 1. The number of benzene rings is 1. The van der Waals surface area contributed by atoms with Crippen molar-refractivity contribution in [3.05, 3.63) is 46.0 Å². The highest BCUT2D eigenvalue weighted by Gasteiger charge is 2.00. The van der Waals surface area contributed by atoms with E-state index in [2.05, 4.69) is 31.7 Å². The number of hydrogen-bond donors (Lipinski definition) is 3. The number of halogens is 2. The van der Waals surface area contributed by atoms with E-state index >= 15 is 0 Å². The van der Waals surface area contributed by atoms with Gasteiger partial charge in [-0.05, 0) is 40.2 Å². The van der Waals surface area contributed by atoms with E-state index in [0.29, 0.717) is 10.8 Å². The zero-order valence-corrected chi connectivity index (χ0v) is 11.1. The Morgan fingerprint density at radius 2 is 1.94 bits per heavy atom. The zero-order chi connectivity index (χ0) is 12.3. The molecule has 1 aromatic heterocycles. The van der Waals surface area contributed by atoms with Gasteiger partial charge < -0.3 is 10.7 Å². The predicted molar refractivity (Wildman–Crippen MR) is 74.5 cm³/mol. The lowest BCUT2D eigenvalue weighted by molar-refractivity contribution is 1.23. The van der Waals surface area contributed by atoms with Gasteiger partial charge in [0.1, 0.15) is 5.82 Å². The minimum atomic E-state index is 0.600. The molecule has 1 heterocycles. The second-order valence-corrected chi connectivity index (χ2v) is 4.59. The molecule has 0 fully saturated rings. The third-order valence-corrected chi connectivity index (χ3v) is 3.33. The molecule has 0 atom stereocenters. The first-order chi connectivity index (χ1) is 8.19. The lowest BCUT2D eigenvalue weighted by atomic mass is 10.3. The van der Waals surface area contributed by atoms with E-state index in [1.165, 1.54) is 0 Å². The van der Waals surface area contributed by atoms with Gasteiger partial charge in [-0.15, -0.1) is 0 Å². The lowest BCUT2D eigenvalue weighted by Gasteiger charge is -2.08. The Morgan fingerprint density at radius 3 is 2.65 bits per heavy atom. The number of hydrazine groups is 1. The number of hydrogen-bond acceptors (Lipinski definition) is 4. The molecule has 2 aromatic rings. The number of rotatable bonds is 3. The Hall–Kier alpha value is -1.30. The molecular formula is C11H10BrClN4. The normalized spacial score (nSPS) is 10.1. The second kappa shape index (κ2) is 5.35. The maximum atomic E-state index is 5.92. The lowest BCUT2D eigenvalue weighted by Crippen LogP contribution is -2.08. The number of aromatic nitrogens is 1. The van der Waals surface area contributed by atoms with Gasteiger partial charge in [-0.3, -0.25) is 0 Å². The van der Waals surface area contributed by atoms with Gasteiger partial charge in [-0.1, -0.05) is 11.6 Å². The molecule has 0 radical (unpaired) electrons. The molecule has 0 amide bonds. The molecule has 0 unspecified atom stereocenters. The van der Waals surface area contributed by atoms with Crippen LogP contribution in [0.5, 0.6) is 0 Å². The summed E-state index contributed by atoms with van der Waals surface area (Å²) in [5.74, 6) is 5.89. The second-order valence-electron chi connectivity index (χ2n) is 3.33. The van der Waals surface area contributed by atoms with Crippen molar-refractivity contribution in [1.29, 1.82) is 0 Å². The highest BCUT2D eigenvalue weighted by molar-refractivity contribution is 9.10. The highest BCUT2D eigenvalue weighted by atomic mass is 79.9. The molecule has 2 rings (SSSR count). The van der Waals surface area contributed by atoms with E-state index in [9.17, 15) is 0 Å². The Morgan fingerprint density at radius 1 is 1.18 bits per heavy atom. The quantitative estimate of drug-likeness (QED) is 0.599. The van der Waals surface area contributed by atoms with Crippen molar-refractivity contribution in [1.82, 2.24) is 4.98 Å². The third-order valence-electron chi connectivity index (χ3n) is 2.12. The Balaban J connectivity index is 2.22. The fraction of sp³-hybridized carbons (Fsp3) is 0. The van der Waals surface area contributed by atoms with Gasteiger partial charge in [0.15, 0.2) is 0 Å². The molecule has 1 aromatic carbocycles. The number of nitrogens with one attached hydrogen (secondary N) is 2. The molecule has 4 nitrogen and oxygen atoms in total. The third kappa shape index (κ3) is 3.09.